The summed E-state index contributed by atoms with van der Waals surface area (Å²) in [5, 5.41) is 11.4. The zero-order valence-electron chi connectivity index (χ0n) is 42.1. The van der Waals surface area contributed by atoms with Gasteiger partial charge in [-0.05, 0) is 140 Å². The van der Waals surface area contributed by atoms with Crippen LogP contribution in [0, 0.1) is 6.85 Å². The average molecular weight is 807 g/mol. The molecule has 4 heteroatoms. The molecule has 0 aliphatic rings. The summed E-state index contributed by atoms with van der Waals surface area (Å²) in [4.78, 5) is 10.2. The van der Waals surface area contributed by atoms with Crippen molar-refractivity contribution in [2.45, 2.75) is 98.7 Å². The lowest BCUT2D eigenvalue weighted by atomic mass is 9.83. The average Bonchev–Trinajstić information content (AvgIpc) is 3.64. The minimum Gasteiger partial charge on any atom is -0.507 e. The van der Waals surface area contributed by atoms with Crippen molar-refractivity contribution < 1.29 is 12.0 Å². The number of aromatic nitrogens is 3. The number of nitrogens with zero attached hydrogens (tertiary/aromatic N) is 3. The van der Waals surface area contributed by atoms with Crippen LogP contribution >= 0.6 is 0 Å². The van der Waals surface area contributed by atoms with Gasteiger partial charge in [0.15, 0.2) is 0 Å². The summed E-state index contributed by atoms with van der Waals surface area (Å²) in [5.74, 6) is -1.49. The van der Waals surface area contributed by atoms with Crippen LogP contribution < -0.4 is 0 Å². The summed E-state index contributed by atoms with van der Waals surface area (Å²) < 4.78 is 46.4. The second-order valence-electron chi connectivity index (χ2n) is 18.8. The van der Waals surface area contributed by atoms with Crippen LogP contribution in [0.4, 0.5) is 0 Å². The zero-order valence-corrected chi connectivity index (χ0v) is 37.1. The first-order valence-electron chi connectivity index (χ1n) is 23.6. The van der Waals surface area contributed by atoms with Crippen molar-refractivity contribution in [3.63, 3.8) is 0 Å². The monoisotopic (exact) mass is 806 g/mol. The van der Waals surface area contributed by atoms with Crippen molar-refractivity contribution in [1.82, 2.24) is 14.5 Å². The molecule has 0 saturated heterocycles. The number of para-hydroxylation sites is 2. The number of fused-ring (bicyclic) bond motifs is 1. The van der Waals surface area contributed by atoms with Crippen molar-refractivity contribution in [1.29, 1.82) is 0 Å². The van der Waals surface area contributed by atoms with Crippen molar-refractivity contribution in [3.05, 3.63) is 167 Å². The molecule has 2 heterocycles. The van der Waals surface area contributed by atoms with Gasteiger partial charge in [0.1, 0.15) is 11.6 Å². The van der Waals surface area contributed by atoms with E-state index in [4.69, 9.17) is 16.8 Å². The van der Waals surface area contributed by atoms with Crippen LogP contribution in [-0.4, -0.2) is 19.6 Å². The van der Waals surface area contributed by atoms with Crippen molar-refractivity contribution >= 4 is 11.0 Å². The fraction of sp³-hybridized carbons (Fsp3) is 0.263. The summed E-state index contributed by atoms with van der Waals surface area (Å²) in [6, 6.07) is 43.6. The van der Waals surface area contributed by atoms with Crippen molar-refractivity contribution in [2.75, 3.05) is 0 Å². The number of aryl methyl sites for hydroxylation is 1. The Bertz CT molecular complexity index is 3080. The molecule has 0 aliphatic carbocycles. The first-order chi connectivity index (χ1) is 30.8. The first kappa shape index (κ1) is 35.5. The molecule has 0 saturated carbocycles. The molecule has 1 N–H and O–H groups in total. The van der Waals surface area contributed by atoms with Crippen molar-refractivity contribution in [3.8, 4) is 67.5 Å². The Morgan fingerprint density at radius 1 is 0.574 bits per heavy atom. The molecule has 6 aromatic carbocycles. The molecule has 8 aromatic rings. The minimum atomic E-state index is -2.56. The number of imidazole rings is 1. The summed E-state index contributed by atoms with van der Waals surface area (Å²) in [6.45, 7) is 17.9. The van der Waals surface area contributed by atoms with E-state index in [0.29, 0.717) is 33.7 Å². The Morgan fingerprint density at radius 2 is 1.21 bits per heavy atom. The third-order valence-corrected chi connectivity index (χ3v) is 11.7. The van der Waals surface area contributed by atoms with Gasteiger partial charge >= 0.3 is 0 Å². The smallest absolute Gasteiger partial charge is 0.149 e. The molecule has 0 radical (unpaired) electrons. The summed E-state index contributed by atoms with van der Waals surface area (Å²) in [6.07, 6.45) is 1.86. The molecule has 4 nitrogen and oxygen atoms in total. The molecule has 0 aliphatic heterocycles. The van der Waals surface area contributed by atoms with E-state index in [1.54, 1.807) is 24.3 Å². The maximum atomic E-state index is 11.4. The van der Waals surface area contributed by atoms with Gasteiger partial charge in [-0.25, -0.2) is 4.98 Å². The maximum Gasteiger partial charge on any atom is 0.149 e. The fourth-order valence-corrected chi connectivity index (χ4v) is 8.00. The Morgan fingerprint density at radius 3 is 1.87 bits per heavy atom. The molecule has 0 bridgehead atoms. The molecule has 0 atom stereocenters. The number of hydrogen-bond donors (Lipinski definition) is 1. The van der Waals surface area contributed by atoms with Gasteiger partial charge in [0.2, 0.25) is 0 Å². The van der Waals surface area contributed by atoms with Gasteiger partial charge in [0.05, 0.1) is 28.0 Å². The summed E-state index contributed by atoms with van der Waals surface area (Å²) in [5.41, 5.74) is 13.1. The molecular weight excluding hydrogens is 743 g/mol. The quantitative estimate of drug-likeness (QED) is 0.166. The Hall–Kier alpha value is -6.26. The highest BCUT2D eigenvalue weighted by Crippen LogP contribution is 2.41. The number of phenols is 1. The van der Waals surface area contributed by atoms with Crippen LogP contribution in [-0.2, 0) is 10.8 Å². The van der Waals surface area contributed by atoms with Crippen LogP contribution in [0.5, 0.6) is 5.75 Å². The maximum absolute atomic E-state index is 11.4. The van der Waals surface area contributed by atoms with E-state index in [9.17, 15) is 5.11 Å². The second kappa shape index (κ2) is 16.0. The number of phenolic OH excluding ortho intramolecular Hbond substituents is 1. The SMILES string of the molecule is [2H]C([2H])([2H])c1cc(-c2cc(C([2H])(C)C)cc(C([2H])(C)C)c2)ccc1-n1c(-c2ccccc2O)nc2c(-c3cc(-c4cc(-c5ccc(C(C)(C)C)cc5)ccn4)cc(C(C)(C)C)c3)cccc21. The van der Waals surface area contributed by atoms with Gasteiger partial charge in [-0.15, -0.1) is 0 Å². The standard InChI is InChI=1S/C57H59N3O/c1-35(2)41-28-42(36(3)4)30-43(29-41)39-21-24-51(37(5)27-39)60-52-17-14-16-48(54(52)59-55(60)49-15-12-13-18-53(49)61)44-31-45(33-47(32-44)57(9,10)11)50-34-40(25-26-58-50)38-19-22-46(23-20-38)56(6,7)8/h12-36,61H,1-11H3/i5D3,35D,36D. The van der Waals surface area contributed by atoms with Crippen LogP contribution in [0.1, 0.15) is 116 Å². The zero-order chi connectivity index (χ0) is 47.7. The highest BCUT2D eigenvalue weighted by atomic mass is 16.3. The summed E-state index contributed by atoms with van der Waals surface area (Å²) in [7, 11) is 0. The normalized spacial score (nSPS) is 14.0. The van der Waals surface area contributed by atoms with Crippen LogP contribution in [0.3, 0.4) is 0 Å². The Labute approximate surface area is 370 Å². The molecule has 8 rings (SSSR count). The first-order valence-corrected chi connectivity index (χ1v) is 21.1. The fourth-order valence-electron chi connectivity index (χ4n) is 8.00. The van der Waals surface area contributed by atoms with Crippen LogP contribution in [0.2, 0.25) is 0 Å². The Kier molecular flexibility index (Phi) is 9.29. The number of hydrogen-bond acceptors (Lipinski definition) is 3. The van der Waals surface area contributed by atoms with E-state index < -0.39 is 18.6 Å². The van der Waals surface area contributed by atoms with E-state index in [1.807, 2.05) is 99.1 Å². The summed E-state index contributed by atoms with van der Waals surface area (Å²) >= 11 is 0. The predicted octanol–water partition coefficient (Wildman–Crippen LogP) is 15.6. The van der Waals surface area contributed by atoms with Gasteiger partial charge in [0, 0.05) is 24.2 Å². The minimum absolute atomic E-state index is 0.0130. The highest BCUT2D eigenvalue weighted by Gasteiger charge is 2.23. The molecular formula is C57H59N3O. The largest absolute Gasteiger partial charge is 0.507 e. The number of rotatable bonds is 8. The van der Waals surface area contributed by atoms with Gasteiger partial charge in [-0.3, -0.25) is 9.55 Å². The van der Waals surface area contributed by atoms with Gasteiger partial charge in [-0.2, -0.15) is 0 Å². The highest BCUT2D eigenvalue weighted by molar-refractivity contribution is 5.97. The van der Waals surface area contributed by atoms with E-state index in [1.165, 1.54) is 5.56 Å². The third kappa shape index (κ3) is 8.29. The van der Waals surface area contributed by atoms with Gasteiger partial charge in [0.25, 0.3) is 0 Å². The molecule has 0 spiro atoms. The number of aromatic hydroxyl groups is 1. The van der Waals surface area contributed by atoms with E-state index in [-0.39, 0.29) is 22.1 Å². The van der Waals surface area contributed by atoms with Crippen LogP contribution in [0.25, 0.3) is 72.7 Å². The van der Waals surface area contributed by atoms with Gasteiger partial charge in [-0.1, -0.05) is 148 Å². The van der Waals surface area contributed by atoms with Crippen molar-refractivity contribution in [2.24, 2.45) is 0 Å². The van der Waals surface area contributed by atoms with E-state index in [0.717, 1.165) is 55.8 Å². The second-order valence-corrected chi connectivity index (χ2v) is 18.8. The number of pyridine rings is 1. The lowest BCUT2D eigenvalue weighted by Crippen LogP contribution is -2.11. The molecule has 308 valence electrons. The van der Waals surface area contributed by atoms with E-state index >= 15 is 0 Å². The molecule has 0 unspecified atom stereocenters. The molecule has 2 aromatic heterocycles. The third-order valence-electron chi connectivity index (χ3n) is 11.7. The molecule has 0 amide bonds. The lowest BCUT2D eigenvalue weighted by Gasteiger charge is -2.22. The lowest BCUT2D eigenvalue weighted by molar-refractivity contribution is 0.477. The molecule has 0 fully saturated rings. The Balaban J connectivity index is 1.34. The van der Waals surface area contributed by atoms with E-state index in [2.05, 4.69) is 90.1 Å². The topological polar surface area (TPSA) is 50.9 Å². The van der Waals surface area contributed by atoms with Gasteiger partial charge < -0.3 is 5.11 Å². The van der Waals surface area contributed by atoms with Crippen LogP contribution in [0.15, 0.2) is 140 Å². The number of benzene rings is 6. The predicted molar refractivity (Wildman–Crippen MR) is 258 cm³/mol. The molecule has 61 heavy (non-hydrogen) atoms.